The van der Waals surface area contributed by atoms with Gasteiger partial charge in [0.25, 0.3) is 0 Å². The summed E-state index contributed by atoms with van der Waals surface area (Å²) in [6.07, 6.45) is -0.320. The van der Waals surface area contributed by atoms with E-state index in [0.29, 0.717) is 19.0 Å². The summed E-state index contributed by atoms with van der Waals surface area (Å²) >= 11 is 1.18. The monoisotopic (exact) mass is 234 g/mol. The molecule has 0 unspecified atom stereocenters. The van der Waals surface area contributed by atoms with Crippen LogP contribution in [0.4, 0.5) is 0 Å². The van der Waals surface area contributed by atoms with Crippen LogP contribution in [0.15, 0.2) is 4.99 Å². The number of hydrogen-bond acceptors (Lipinski definition) is 4. The van der Waals surface area contributed by atoms with Crippen molar-refractivity contribution in [3.05, 3.63) is 0 Å². The van der Waals surface area contributed by atoms with Crippen LogP contribution in [0.25, 0.3) is 0 Å². The third kappa shape index (κ3) is 8.22. The summed E-state index contributed by atoms with van der Waals surface area (Å²) in [4.78, 5) is 3.58. The second kappa shape index (κ2) is 8.51. The number of rotatable bonds is 6. The van der Waals surface area contributed by atoms with Gasteiger partial charge in [0, 0.05) is 13.2 Å². The lowest BCUT2D eigenvalue weighted by Crippen LogP contribution is -2.24. The lowest BCUT2D eigenvalue weighted by Gasteiger charge is -2.15. The van der Waals surface area contributed by atoms with Crippen LogP contribution in [0.3, 0.4) is 0 Å². The number of hydrogen-bond donors (Lipinski definition) is 3. The normalized spacial score (nSPS) is 10.3. The Kier molecular flexibility index (Phi) is 8.06. The van der Waals surface area contributed by atoms with Gasteiger partial charge >= 0.3 is 0 Å². The van der Waals surface area contributed by atoms with Crippen LogP contribution in [0.1, 0.15) is 13.8 Å². The standard InChI is InChI=1S/C8H18N4O2S/c1-3-13-6(14-4-2)5-15-8(11)12-7(9)10/h6H,3-5H2,1-2H3,(H5,9,10,11,12). The van der Waals surface area contributed by atoms with Crippen molar-refractivity contribution in [1.82, 2.24) is 0 Å². The zero-order valence-corrected chi connectivity index (χ0v) is 9.84. The van der Waals surface area contributed by atoms with E-state index in [0.717, 1.165) is 0 Å². The van der Waals surface area contributed by atoms with Crippen molar-refractivity contribution in [3.8, 4) is 0 Å². The molecule has 0 bridgehead atoms. The van der Waals surface area contributed by atoms with Gasteiger partial charge in [0.05, 0.1) is 5.75 Å². The number of aliphatic imine (C=N–C) groups is 1. The van der Waals surface area contributed by atoms with Crippen LogP contribution in [-0.4, -0.2) is 36.4 Å². The zero-order valence-electron chi connectivity index (χ0n) is 9.03. The van der Waals surface area contributed by atoms with Gasteiger partial charge in [-0.1, -0.05) is 11.8 Å². The van der Waals surface area contributed by atoms with Crippen LogP contribution in [0.2, 0.25) is 0 Å². The molecule has 0 aliphatic carbocycles. The minimum atomic E-state index is -0.320. The minimum absolute atomic E-state index is 0.0550. The van der Waals surface area contributed by atoms with E-state index in [4.69, 9.17) is 26.4 Å². The van der Waals surface area contributed by atoms with Gasteiger partial charge in [-0.15, -0.1) is 0 Å². The average molecular weight is 234 g/mol. The molecule has 0 fully saturated rings. The molecule has 0 rings (SSSR count). The minimum Gasteiger partial charge on any atom is -0.370 e. The van der Waals surface area contributed by atoms with Gasteiger partial charge in [0.1, 0.15) is 0 Å². The highest BCUT2D eigenvalue weighted by Crippen LogP contribution is 2.09. The smallest absolute Gasteiger partial charge is 0.193 e. The van der Waals surface area contributed by atoms with Gasteiger partial charge in [-0.05, 0) is 13.8 Å². The summed E-state index contributed by atoms with van der Waals surface area (Å²) in [5.41, 5.74) is 10.3. The average Bonchev–Trinajstić information content (AvgIpc) is 2.14. The van der Waals surface area contributed by atoms with E-state index in [-0.39, 0.29) is 17.4 Å². The van der Waals surface area contributed by atoms with Crippen LogP contribution in [-0.2, 0) is 9.47 Å². The molecular formula is C8H18N4O2S. The van der Waals surface area contributed by atoms with Gasteiger partial charge in [0.15, 0.2) is 17.4 Å². The lowest BCUT2D eigenvalue weighted by atomic mass is 10.7. The Balaban J connectivity index is 3.87. The maximum atomic E-state index is 7.38. The number of nitrogens with two attached hydrogens (primary N) is 2. The van der Waals surface area contributed by atoms with Crippen LogP contribution < -0.4 is 11.5 Å². The summed E-state index contributed by atoms with van der Waals surface area (Å²) in [7, 11) is 0. The largest absolute Gasteiger partial charge is 0.370 e. The SMILES string of the molecule is CCOC(CSC(=N)N=C(N)N)OCC. The summed E-state index contributed by atoms with van der Waals surface area (Å²) in [5, 5.41) is 7.44. The van der Waals surface area contributed by atoms with Crippen LogP contribution in [0, 0.1) is 5.41 Å². The van der Waals surface area contributed by atoms with E-state index in [1.165, 1.54) is 11.8 Å². The Labute approximate surface area is 93.9 Å². The predicted octanol–water partition coefficient (Wildman–Crippen LogP) is 0.327. The Bertz CT molecular complexity index is 213. The second-order valence-corrected chi connectivity index (χ2v) is 3.50. The molecule has 5 N–H and O–H groups in total. The molecular weight excluding hydrogens is 216 g/mol. The van der Waals surface area contributed by atoms with E-state index < -0.39 is 0 Å². The predicted molar refractivity (Wildman–Crippen MR) is 63.0 cm³/mol. The van der Waals surface area contributed by atoms with E-state index in [1.54, 1.807) is 0 Å². The Morgan fingerprint density at radius 3 is 2.27 bits per heavy atom. The first kappa shape index (κ1) is 14.2. The summed E-state index contributed by atoms with van der Waals surface area (Å²) in [6, 6.07) is 0. The van der Waals surface area contributed by atoms with Crippen molar-refractivity contribution in [3.63, 3.8) is 0 Å². The second-order valence-electron chi connectivity index (χ2n) is 2.49. The lowest BCUT2D eigenvalue weighted by molar-refractivity contribution is -0.119. The molecule has 88 valence electrons. The summed E-state index contributed by atoms with van der Waals surface area (Å²) in [6.45, 7) is 4.91. The maximum Gasteiger partial charge on any atom is 0.193 e. The van der Waals surface area contributed by atoms with Gasteiger partial charge < -0.3 is 20.9 Å². The molecule has 0 aromatic carbocycles. The van der Waals surface area contributed by atoms with E-state index in [1.807, 2.05) is 13.8 Å². The summed E-state index contributed by atoms with van der Waals surface area (Å²) in [5.74, 6) is 0.383. The topological polar surface area (TPSA) is 107 Å². The van der Waals surface area contributed by atoms with Crippen LogP contribution in [0.5, 0.6) is 0 Å². The fourth-order valence-corrected chi connectivity index (χ4v) is 1.47. The summed E-state index contributed by atoms with van der Waals surface area (Å²) < 4.78 is 10.6. The van der Waals surface area contributed by atoms with Crippen molar-refractivity contribution >= 4 is 22.9 Å². The Morgan fingerprint density at radius 1 is 1.33 bits per heavy atom. The van der Waals surface area contributed by atoms with Crippen LogP contribution >= 0.6 is 11.8 Å². The first-order chi connectivity index (χ1) is 7.10. The highest BCUT2D eigenvalue weighted by Gasteiger charge is 2.09. The number of ether oxygens (including phenoxy) is 2. The highest BCUT2D eigenvalue weighted by atomic mass is 32.2. The Hall–Kier alpha value is -0.790. The molecule has 0 aromatic rings. The number of thioether (sulfide) groups is 1. The molecule has 0 aliphatic rings. The van der Waals surface area contributed by atoms with Gasteiger partial charge in [0.2, 0.25) is 0 Å². The van der Waals surface area contributed by atoms with E-state index in [2.05, 4.69) is 4.99 Å². The maximum absolute atomic E-state index is 7.38. The molecule has 0 atom stereocenters. The molecule has 0 radical (unpaired) electrons. The molecule has 0 amide bonds. The number of amidine groups is 1. The van der Waals surface area contributed by atoms with Gasteiger partial charge in [-0.3, -0.25) is 5.41 Å². The zero-order chi connectivity index (χ0) is 11.7. The first-order valence-corrected chi connectivity index (χ1v) is 5.62. The quantitative estimate of drug-likeness (QED) is 0.349. The van der Waals surface area contributed by atoms with E-state index in [9.17, 15) is 0 Å². The molecule has 0 heterocycles. The molecule has 0 aliphatic heterocycles. The third-order valence-electron chi connectivity index (χ3n) is 1.29. The highest BCUT2D eigenvalue weighted by molar-refractivity contribution is 8.13. The molecule has 0 saturated heterocycles. The van der Waals surface area contributed by atoms with Crippen molar-refractivity contribution < 1.29 is 9.47 Å². The first-order valence-electron chi connectivity index (χ1n) is 4.64. The Morgan fingerprint density at radius 2 is 1.87 bits per heavy atom. The number of nitrogens with one attached hydrogen (secondary N) is 1. The third-order valence-corrected chi connectivity index (χ3v) is 2.10. The molecule has 0 spiro atoms. The van der Waals surface area contributed by atoms with Crippen molar-refractivity contribution in [1.29, 1.82) is 5.41 Å². The van der Waals surface area contributed by atoms with Crippen molar-refractivity contribution in [2.24, 2.45) is 16.5 Å². The number of guanidine groups is 1. The van der Waals surface area contributed by atoms with Crippen molar-refractivity contribution in [2.45, 2.75) is 20.1 Å². The van der Waals surface area contributed by atoms with Crippen molar-refractivity contribution in [2.75, 3.05) is 19.0 Å². The van der Waals surface area contributed by atoms with Gasteiger partial charge in [-0.2, -0.15) is 4.99 Å². The van der Waals surface area contributed by atoms with Gasteiger partial charge in [-0.25, -0.2) is 0 Å². The molecule has 7 heteroatoms. The fourth-order valence-electron chi connectivity index (χ4n) is 0.813. The number of nitrogens with zero attached hydrogens (tertiary/aromatic N) is 1. The molecule has 0 saturated carbocycles. The molecule has 0 aromatic heterocycles. The molecule has 6 nitrogen and oxygen atoms in total. The van der Waals surface area contributed by atoms with E-state index >= 15 is 0 Å². The fraction of sp³-hybridized carbons (Fsp3) is 0.750. The molecule has 15 heavy (non-hydrogen) atoms.